The van der Waals surface area contributed by atoms with E-state index in [1.165, 1.54) is 77.0 Å². The largest absolute Gasteiger partial charge is 1.00 e. The number of aliphatic hydroxyl groups excluding tert-OH is 1. The molecule has 0 fully saturated rings. The van der Waals surface area contributed by atoms with E-state index in [4.69, 9.17) is 0 Å². The van der Waals surface area contributed by atoms with E-state index in [0.717, 1.165) is 38.5 Å². The zero-order valence-corrected chi connectivity index (χ0v) is 24.3. The van der Waals surface area contributed by atoms with Crippen LogP contribution in [0.3, 0.4) is 0 Å². The van der Waals surface area contributed by atoms with Gasteiger partial charge in [0.2, 0.25) is 0 Å². The fraction of sp³-hybridized carbons (Fsp3) is 1.00. The Morgan fingerprint density at radius 3 is 1.27 bits per heavy atom. The van der Waals surface area contributed by atoms with Crippen LogP contribution in [-0.2, 0) is 10.1 Å². The fourth-order valence-corrected chi connectivity index (χ4v) is 5.01. The molecule has 0 aliphatic carbocycles. The summed E-state index contributed by atoms with van der Waals surface area (Å²) in [5.41, 5.74) is 0. The zero-order chi connectivity index (χ0) is 21.8. The van der Waals surface area contributed by atoms with Crippen molar-refractivity contribution in [1.29, 1.82) is 0 Å². The van der Waals surface area contributed by atoms with Crippen LogP contribution in [0.25, 0.3) is 0 Å². The third-order valence-electron chi connectivity index (χ3n) is 6.00. The van der Waals surface area contributed by atoms with Gasteiger partial charge in [-0.3, -0.25) is 0 Å². The molecular weight excluding hydrogens is 423 g/mol. The Kier molecular flexibility index (Phi) is 26.6. The van der Waals surface area contributed by atoms with Crippen LogP contribution in [0.2, 0.25) is 0 Å². The summed E-state index contributed by atoms with van der Waals surface area (Å²) in [5, 5.41) is 8.98. The van der Waals surface area contributed by atoms with Gasteiger partial charge in [-0.2, -0.15) is 0 Å². The predicted molar refractivity (Wildman–Crippen MR) is 123 cm³/mol. The van der Waals surface area contributed by atoms with Crippen molar-refractivity contribution < 1.29 is 69.5 Å². The molecule has 0 aliphatic heterocycles. The summed E-state index contributed by atoms with van der Waals surface area (Å²) in [6.45, 7) is 4.32. The van der Waals surface area contributed by atoms with Gasteiger partial charge in [0.25, 0.3) is 0 Å². The Morgan fingerprint density at radius 1 is 0.600 bits per heavy atom. The van der Waals surface area contributed by atoms with E-state index in [9.17, 15) is 18.1 Å². The molecule has 30 heavy (non-hydrogen) atoms. The summed E-state index contributed by atoms with van der Waals surface area (Å²) in [7, 11) is -4.42. The van der Waals surface area contributed by atoms with Gasteiger partial charge in [0.1, 0.15) is 10.1 Å². The molecule has 0 aromatic rings. The maximum Gasteiger partial charge on any atom is 1.00 e. The quantitative estimate of drug-likeness (QED) is 0.146. The summed E-state index contributed by atoms with van der Waals surface area (Å²) in [5.74, 6) is 0. The van der Waals surface area contributed by atoms with Gasteiger partial charge in [-0.1, -0.05) is 129 Å². The Balaban J connectivity index is 0. The molecule has 6 heteroatoms. The molecule has 0 aromatic heterocycles. The third-order valence-corrected chi connectivity index (χ3v) is 7.29. The van der Waals surface area contributed by atoms with Gasteiger partial charge in [-0.25, -0.2) is 8.42 Å². The van der Waals surface area contributed by atoms with E-state index in [2.05, 4.69) is 13.8 Å². The number of rotatable bonds is 22. The number of hydrogen-bond acceptors (Lipinski definition) is 4. The molecular formula is C24H49KO4S. The molecule has 0 saturated carbocycles. The summed E-state index contributed by atoms with van der Waals surface area (Å²) in [4.78, 5) is 0. The van der Waals surface area contributed by atoms with E-state index in [1.807, 2.05) is 0 Å². The van der Waals surface area contributed by atoms with Crippen LogP contribution in [0, 0.1) is 0 Å². The molecule has 0 heterocycles. The van der Waals surface area contributed by atoms with Crippen LogP contribution in [0.4, 0.5) is 0 Å². The Morgan fingerprint density at radius 2 is 0.900 bits per heavy atom. The molecule has 176 valence electrons. The van der Waals surface area contributed by atoms with Crippen molar-refractivity contribution in [3.63, 3.8) is 0 Å². The second-order valence-corrected chi connectivity index (χ2v) is 10.4. The van der Waals surface area contributed by atoms with Crippen LogP contribution >= 0.6 is 0 Å². The fourth-order valence-electron chi connectivity index (χ4n) is 4.04. The first-order valence-corrected chi connectivity index (χ1v) is 14.0. The summed E-state index contributed by atoms with van der Waals surface area (Å²) in [6.07, 6.45) is 21.3. The molecule has 0 aliphatic rings. The average Bonchev–Trinajstić information content (AvgIpc) is 2.66. The SMILES string of the molecule is CCCCCCCCCCCCCCCCCC(C(O)CCCCC)S(=O)(=O)[O-].[K+]. The van der Waals surface area contributed by atoms with Gasteiger partial charge in [-0.05, 0) is 12.8 Å². The molecule has 4 nitrogen and oxygen atoms in total. The van der Waals surface area contributed by atoms with Crippen molar-refractivity contribution >= 4 is 10.1 Å². The van der Waals surface area contributed by atoms with Crippen LogP contribution in [0.1, 0.15) is 142 Å². The Labute approximate surface area is 230 Å². The van der Waals surface area contributed by atoms with Gasteiger partial charge in [0.05, 0.1) is 11.4 Å². The molecule has 0 amide bonds. The van der Waals surface area contributed by atoms with Crippen molar-refractivity contribution in [2.45, 2.75) is 154 Å². The molecule has 2 unspecified atom stereocenters. The first-order valence-electron chi connectivity index (χ1n) is 12.6. The Hall–Kier alpha value is 1.51. The van der Waals surface area contributed by atoms with Crippen LogP contribution < -0.4 is 51.4 Å². The monoisotopic (exact) mass is 472 g/mol. The van der Waals surface area contributed by atoms with E-state index in [-0.39, 0.29) is 51.4 Å². The molecule has 2 atom stereocenters. The smallest absolute Gasteiger partial charge is 0.748 e. The topological polar surface area (TPSA) is 77.4 Å². The van der Waals surface area contributed by atoms with Crippen LogP contribution in [-0.4, -0.2) is 29.4 Å². The molecule has 0 aromatic carbocycles. The molecule has 0 radical (unpaired) electrons. The van der Waals surface area contributed by atoms with Gasteiger partial charge in [-0.15, -0.1) is 0 Å². The Bertz CT molecular complexity index is 442. The summed E-state index contributed by atoms with van der Waals surface area (Å²) >= 11 is 0. The van der Waals surface area contributed by atoms with Gasteiger partial charge < -0.3 is 9.66 Å². The van der Waals surface area contributed by atoms with Gasteiger partial charge in [0.15, 0.2) is 0 Å². The normalized spacial score (nSPS) is 13.7. The predicted octanol–water partition coefficient (Wildman–Crippen LogP) is 4.11. The maximum atomic E-state index is 11.5. The van der Waals surface area contributed by atoms with Gasteiger partial charge >= 0.3 is 51.4 Å². The molecule has 0 bridgehead atoms. The zero-order valence-electron chi connectivity index (χ0n) is 20.4. The van der Waals surface area contributed by atoms with E-state index in [1.54, 1.807) is 0 Å². The van der Waals surface area contributed by atoms with Gasteiger partial charge in [0, 0.05) is 0 Å². The van der Waals surface area contributed by atoms with Crippen LogP contribution in [0.5, 0.6) is 0 Å². The second-order valence-electron chi connectivity index (χ2n) is 8.83. The third kappa shape index (κ3) is 21.4. The van der Waals surface area contributed by atoms with Crippen molar-refractivity contribution in [2.75, 3.05) is 0 Å². The minimum absolute atomic E-state index is 0. The van der Waals surface area contributed by atoms with E-state index in [0.29, 0.717) is 12.8 Å². The maximum absolute atomic E-state index is 11.5. The van der Waals surface area contributed by atoms with Crippen molar-refractivity contribution in [3.05, 3.63) is 0 Å². The number of unbranched alkanes of at least 4 members (excludes halogenated alkanes) is 16. The summed E-state index contributed by atoms with van der Waals surface area (Å²) in [6, 6.07) is 0. The standard InChI is InChI=1S/C24H50O4S.K/c1-3-5-7-8-9-10-11-12-13-14-15-16-17-18-20-22-24(29(26,27)28)23(25)21-19-6-4-2;/h23-25H,3-22H2,1-2H3,(H,26,27,28);/q;+1/p-1. The second kappa shape index (κ2) is 23.7. The molecule has 1 N–H and O–H groups in total. The molecule has 0 rings (SSSR count). The minimum atomic E-state index is -4.42. The van der Waals surface area contributed by atoms with E-state index >= 15 is 0 Å². The molecule has 0 spiro atoms. The number of hydrogen-bond donors (Lipinski definition) is 1. The minimum Gasteiger partial charge on any atom is -0.748 e. The van der Waals surface area contributed by atoms with E-state index < -0.39 is 21.5 Å². The summed E-state index contributed by atoms with van der Waals surface area (Å²) < 4.78 is 34.4. The van der Waals surface area contributed by atoms with Crippen molar-refractivity contribution in [1.82, 2.24) is 0 Å². The number of aliphatic hydroxyl groups is 1. The molecule has 0 saturated heterocycles. The van der Waals surface area contributed by atoms with Crippen LogP contribution in [0.15, 0.2) is 0 Å². The average molecular weight is 473 g/mol. The first kappa shape index (κ1) is 33.7. The van der Waals surface area contributed by atoms with Crippen molar-refractivity contribution in [3.8, 4) is 0 Å². The van der Waals surface area contributed by atoms with Crippen molar-refractivity contribution in [2.24, 2.45) is 0 Å². The first-order chi connectivity index (χ1) is 13.9.